The number of ether oxygens (including phenoxy) is 1. The third kappa shape index (κ3) is 4.72. The van der Waals surface area contributed by atoms with Crippen molar-refractivity contribution in [2.45, 2.75) is 0 Å². The van der Waals surface area contributed by atoms with Crippen LogP contribution in [0.5, 0.6) is 5.75 Å². The van der Waals surface area contributed by atoms with Crippen LogP contribution in [0.2, 0.25) is 0 Å². The summed E-state index contributed by atoms with van der Waals surface area (Å²) in [7, 11) is 1.52. The Balaban J connectivity index is 1.78. The lowest BCUT2D eigenvalue weighted by Crippen LogP contribution is -2.34. The molecule has 6 heteroatoms. The third-order valence-electron chi connectivity index (χ3n) is 3.89. The second kappa shape index (κ2) is 8.79. The minimum absolute atomic E-state index is 0.213. The van der Waals surface area contributed by atoms with Gasteiger partial charge in [0.1, 0.15) is 5.75 Å². The molecule has 0 aliphatic heterocycles. The fourth-order valence-corrected chi connectivity index (χ4v) is 3.21. The fraction of sp³-hybridized carbons (Fsp3) is 0.0476. The zero-order valence-corrected chi connectivity index (χ0v) is 16.9. The van der Waals surface area contributed by atoms with Crippen LogP contribution in [-0.4, -0.2) is 18.1 Å². The number of hydrogen-bond acceptors (Lipinski definition) is 3. The van der Waals surface area contributed by atoms with Gasteiger partial charge in [-0.2, -0.15) is 0 Å². The van der Waals surface area contributed by atoms with Gasteiger partial charge in [0.05, 0.1) is 12.7 Å². The summed E-state index contributed by atoms with van der Waals surface area (Å²) < 4.78 is 6.03. The lowest BCUT2D eigenvalue weighted by atomic mass is 10.0. The van der Waals surface area contributed by atoms with E-state index in [9.17, 15) is 4.79 Å². The molecule has 0 aromatic heterocycles. The Morgan fingerprint density at radius 3 is 2.44 bits per heavy atom. The molecule has 0 saturated carbocycles. The molecule has 0 unspecified atom stereocenters. The second-order valence-electron chi connectivity index (χ2n) is 5.66. The average Bonchev–Trinajstić information content (AvgIpc) is 2.69. The van der Waals surface area contributed by atoms with E-state index in [4.69, 9.17) is 17.0 Å². The highest BCUT2D eigenvalue weighted by molar-refractivity contribution is 9.10. The van der Waals surface area contributed by atoms with Crippen LogP contribution < -0.4 is 15.4 Å². The first-order valence-electron chi connectivity index (χ1n) is 8.19. The Kier molecular flexibility index (Phi) is 6.21. The van der Waals surface area contributed by atoms with Gasteiger partial charge in [-0.15, -0.1) is 0 Å². The van der Waals surface area contributed by atoms with Crippen molar-refractivity contribution < 1.29 is 9.53 Å². The quantitative estimate of drug-likeness (QED) is 0.543. The molecular formula is C21H17BrN2O2S. The Morgan fingerprint density at radius 1 is 1.00 bits per heavy atom. The summed E-state index contributed by atoms with van der Waals surface area (Å²) in [5.41, 5.74) is 3.26. The van der Waals surface area contributed by atoms with Gasteiger partial charge in [0.2, 0.25) is 0 Å². The number of nitrogens with one attached hydrogen (secondary N) is 2. The van der Waals surface area contributed by atoms with Crippen LogP contribution in [0.25, 0.3) is 11.1 Å². The number of carbonyl (C=O) groups is 1. The Labute approximate surface area is 171 Å². The molecule has 3 aromatic rings. The maximum absolute atomic E-state index is 12.6. The molecule has 0 fully saturated rings. The number of benzene rings is 3. The van der Waals surface area contributed by atoms with Crippen molar-refractivity contribution in [1.29, 1.82) is 0 Å². The molecule has 0 atom stereocenters. The van der Waals surface area contributed by atoms with Crippen LogP contribution >= 0.6 is 28.1 Å². The molecule has 0 heterocycles. The number of amides is 1. The minimum atomic E-state index is -0.345. The van der Waals surface area contributed by atoms with Crippen molar-refractivity contribution in [3.05, 3.63) is 82.8 Å². The zero-order valence-electron chi connectivity index (χ0n) is 14.5. The van der Waals surface area contributed by atoms with Gasteiger partial charge in [0, 0.05) is 15.7 Å². The maximum Gasteiger partial charge on any atom is 0.261 e. The number of anilines is 1. The lowest BCUT2D eigenvalue weighted by Gasteiger charge is -2.14. The molecule has 0 radical (unpaired) electrons. The number of para-hydroxylation sites is 1. The zero-order chi connectivity index (χ0) is 19.2. The maximum atomic E-state index is 12.6. The molecule has 0 aliphatic rings. The van der Waals surface area contributed by atoms with E-state index in [1.54, 1.807) is 12.1 Å². The predicted molar refractivity (Wildman–Crippen MR) is 116 cm³/mol. The van der Waals surface area contributed by atoms with Crippen LogP contribution in [0.3, 0.4) is 0 Å². The van der Waals surface area contributed by atoms with Crippen LogP contribution in [0.15, 0.2) is 77.3 Å². The molecule has 0 aliphatic carbocycles. The van der Waals surface area contributed by atoms with E-state index < -0.39 is 0 Å². The molecule has 0 bridgehead atoms. The Morgan fingerprint density at radius 2 is 1.70 bits per heavy atom. The second-order valence-corrected chi connectivity index (χ2v) is 6.99. The lowest BCUT2D eigenvalue weighted by molar-refractivity contribution is 0.0974. The van der Waals surface area contributed by atoms with Crippen molar-refractivity contribution in [2.24, 2.45) is 0 Å². The number of thiocarbonyl (C=S) groups is 1. The highest BCUT2D eigenvalue weighted by atomic mass is 79.9. The molecule has 4 nitrogen and oxygen atoms in total. The van der Waals surface area contributed by atoms with Gasteiger partial charge in [-0.25, -0.2) is 0 Å². The number of methoxy groups -OCH3 is 1. The Hall–Kier alpha value is -2.70. The van der Waals surface area contributed by atoms with E-state index in [-0.39, 0.29) is 11.0 Å². The van der Waals surface area contributed by atoms with Gasteiger partial charge in [0.15, 0.2) is 5.11 Å². The predicted octanol–water partition coefficient (Wildman–Crippen LogP) is 5.25. The topological polar surface area (TPSA) is 50.4 Å². The van der Waals surface area contributed by atoms with Crippen molar-refractivity contribution in [3.63, 3.8) is 0 Å². The molecule has 3 aromatic carbocycles. The van der Waals surface area contributed by atoms with Crippen LogP contribution in [0.1, 0.15) is 10.4 Å². The van der Waals surface area contributed by atoms with Crippen LogP contribution in [-0.2, 0) is 0 Å². The monoisotopic (exact) mass is 440 g/mol. The smallest absolute Gasteiger partial charge is 0.261 e. The van der Waals surface area contributed by atoms with Gasteiger partial charge in [-0.3, -0.25) is 10.1 Å². The summed E-state index contributed by atoms with van der Waals surface area (Å²) >= 11 is 8.70. The van der Waals surface area contributed by atoms with E-state index >= 15 is 0 Å². The van der Waals surface area contributed by atoms with Gasteiger partial charge in [-0.05, 0) is 42.0 Å². The fourth-order valence-electron chi connectivity index (χ4n) is 2.64. The summed E-state index contributed by atoms with van der Waals surface area (Å²) in [4.78, 5) is 12.6. The van der Waals surface area contributed by atoms with Gasteiger partial charge < -0.3 is 10.1 Å². The first-order chi connectivity index (χ1) is 13.1. The number of carbonyl (C=O) groups excluding carboxylic acids is 1. The number of halogens is 1. The summed E-state index contributed by atoms with van der Waals surface area (Å²) in [5.74, 6) is 0.131. The molecule has 27 heavy (non-hydrogen) atoms. The highest BCUT2D eigenvalue weighted by Crippen LogP contribution is 2.27. The molecule has 1 amide bonds. The van der Waals surface area contributed by atoms with Gasteiger partial charge >= 0.3 is 0 Å². The van der Waals surface area contributed by atoms with E-state index in [0.717, 1.165) is 21.3 Å². The summed E-state index contributed by atoms with van der Waals surface area (Å²) in [6.07, 6.45) is 0. The normalized spacial score (nSPS) is 10.1. The van der Waals surface area contributed by atoms with Crippen LogP contribution in [0, 0.1) is 0 Å². The SMILES string of the molecule is COc1ccc(Br)cc1C(=O)NC(=S)Nc1ccccc1-c1ccccc1. The van der Waals surface area contributed by atoms with Gasteiger partial charge in [-0.1, -0.05) is 64.5 Å². The first kappa shape index (κ1) is 19.1. The summed E-state index contributed by atoms with van der Waals surface area (Å²) in [6.45, 7) is 0. The van der Waals surface area contributed by atoms with Crippen LogP contribution in [0.4, 0.5) is 5.69 Å². The molecule has 136 valence electrons. The molecular weight excluding hydrogens is 424 g/mol. The van der Waals surface area contributed by atoms with E-state index in [0.29, 0.717) is 11.3 Å². The first-order valence-corrected chi connectivity index (χ1v) is 9.39. The van der Waals surface area contributed by atoms with E-state index in [1.165, 1.54) is 7.11 Å². The summed E-state index contributed by atoms with van der Waals surface area (Å²) in [6, 6.07) is 23.0. The standard InChI is InChI=1S/C21H17BrN2O2S/c1-26-19-12-11-15(22)13-17(19)20(25)24-21(27)23-18-10-6-5-9-16(18)14-7-3-2-4-8-14/h2-13H,1H3,(H2,23,24,25,27). The van der Waals surface area contributed by atoms with E-state index in [1.807, 2.05) is 60.7 Å². The van der Waals surface area contributed by atoms with Crippen molar-refractivity contribution >= 4 is 44.9 Å². The highest BCUT2D eigenvalue weighted by Gasteiger charge is 2.15. The number of hydrogen-bond donors (Lipinski definition) is 2. The third-order valence-corrected chi connectivity index (χ3v) is 4.59. The average molecular weight is 441 g/mol. The summed E-state index contributed by atoms with van der Waals surface area (Å²) in [5, 5.41) is 6.03. The minimum Gasteiger partial charge on any atom is -0.496 e. The Bertz CT molecular complexity index is 977. The van der Waals surface area contributed by atoms with Crippen molar-refractivity contribution in [3.8, 4) is 16.9 Å². The largest absolute Gasteiger partial charge is 0.496 e. The molecule has 0 saturated heterocycles. The molecule has 2 N–H and O–H groups in total. The number of rotatable bonds is 4. The molecule has 3 rings (SSSR count). The van der Waals surface area contributed by atoms with E-state index in [2.05, 4.69) is 26.6 Å². The van der Waals surface area contributed by atoms with Gasteiger partial charge in [0.25, 0.3) is 5.91 Å². The van der Waals surface area contributed by atoms with Crippen molar-refractivity contribution in [2.75, 3.05) is 12.4 Å². The van der Waals surface area contributed by atoms with Crippen molar-refractivity contribution in [1.82, 2.24) is 5.32 Å². The molecule has 0 spiro atoms.